The summed E-state index contributed by atoms with van der Waals surface area (Å²) in [5.41, 5.74) is 2.97. The van der Waals surface area contributed by atoms with Gasteiger partial charge in [0.25, 0.3) is 5.91 Å². The third-order valence-electron chi connectivity index (χ3n) is 4.34. The number of hydrogen-bond donors (Lipinski definition) is 0. The summed E-state index contributed by atoms with van der Waals surface area (Å²) >= 11 is 0. The van der Waals surface area contributed by atoms with E-state index in [4.69, 9.17) is 0 Å². The van der Waals surface area contributed by atoms with E-state index >= 15 is 0 Å². The monoisotopic (exact) mass is 382 g/mol. The van der Waals surface area contributed by atoms with Gasteiger partial charge in [-0.3, -0.25) is 9.78 Å². The van der Waals surface area contributed by atoms with Gasteiger partial charge in [0.2, 0.25) is 0 Å². The van der Waals surface area contributed by atoms with Gasteiger partial charge >= 0.3 is 6.61 Å². The van der Waals surface area contributed by atoms with Crippen LogP contribution in [-0.2, 0) is 13.1 Å². The van der Waals surface area contributed by atoms with Crippen LogP contribution in [0.1, 0.15) is 27.0 Å². The molecule has 4 nitrogen and oxygen atoms in total. The van der Waals surface area contributed by atoms with Crippen LogP contribution in [0.2, 0.25) is 0 Å². The standard InChI is InChI=1S/C22H20F2N2O2/c1-16-7-2-3-9-18(16)15-26(14-17-8-6-12-25-13-17)21(27)19-10-4-5-11-20(19)28-22(23)24/h2-13,22H,14-15H2,1H3. The number of amides is 1. The fourth-order valence-electron chi connectivity index (χ4n) is 2.92. The van der Waals surface area contributed by atoms with Gasteiger partial charge in [0, 0.05) is 25.5 Å². The molecule has 0 unspecified atom stereocenters. The zero-order valence-corrected chi connectivity index (χ0v) is 15.4. The lowest BCUT2D eigenvalue weighted by molar-refractivity contribution is -0.0503. The van der Waals surface area contributed by atoms with Crippen LogP contribution in [0.5, 0.6) is 5.75 Å². The molecule has 3 aromatic rings. The molecule has 0 aliphatic carbocycles. The molecule has 3 rings (SSSR count). The highest BCUT2D eigenvalue weighted by molar-refractivity contribution is 5.96. The molecule has 2 aromatic carbocycles. The number of nitrogens with zero attached hydrogens (tertiary/aromatic N) is 2. The first-order valence-corrected chi connectivity index (χ1v) is 8.81. The van der Waals surface area contributed by atoms with Gasteiger partial charge in [-0.15, -0.1) is 0 Å². The van der Waals surface area contributed by atoms with E-state index in [1.54, 1.807) is 35.5 Å². The number of carbonyl (C=O) groups excluding carboxylic acids is 1. The first-order valence-electron chi connectivity index (χ1n) is 8.81. The van der Waals surface area contributed by atoms with E-state index in [0.717, 1.165) is 16.7 Å². The number of carbonyl (C=O) groups is 1. The van der Waals surface area contributed by atoms with Gasteiger partial charge < -0.3 is 9.64 Å². The Morgan fingerprint density at radius 1 is 1.04 bits per heavy atom. The van der Waals surface area contributed by atoms with Crippen molar-refractivity contribution in [1.82, 2.24) is 9.88 Å². The minimum Gasteiger partial charge on any atom is -0.434 e. The third kappa shape index (κ3) is 4.91. The lowest BCUT2D eigenvalue weighted by Crippen LogP contribution is -2.31. The molecule has 6 heteroatoms. The Kier molecular flexibility index (Phi) is 6.32. The van der Waals surface area contributed by atoms with E-state index in [1.807, 2.05) is 37.3 Å². The quantitative estimate of drug-likeness (QED) is 0.588. The number of alkyl halides is 2. The zero-order chi connectivity index (χ0) is 19.9. The van der Waals surface area contributed by atoms with Crippen molar-refractivity contribution in [2.45, 2.75) is 26.6 Å². The second-order valence-corrected chi connectivity index (χ2v) is 6.32. The lowest BCUT2D eigenvalue weighted by Gasteiger charge is -2.25. The Bertz CT molecular complexity index is 933. The molecule has 0 bridgehead atoms. The van der Waals surface area contributed by atoms with Crippen molar-refractivity contribution < 1.29 is 18.3 Å². The van der Waals surface area contributed by atoms with E-state index in [1.165, 1.54) is 12.1 Å². The molecular formula is C22H20F2N2O2. The minimum atomic E-state index is -3.00. The summed E-state index contributed by atoms with van der Waals surface area (Å²) in [6.07, 6.45) is 3.34. The molecule has 0 fully saturated rings. The Morgan fingerprint density at radius 2 is 1.79 bits per heavy atom. The summed E-state index contributed by atoms with van der Waals surface area (Å²) in [4.78, 5) is 18.9. The topological polar surface area (TPSA) is 42.4 Å². The lowest BCUT2D eigenvalue weighted by atomic mass is 10.1. The first kappa shape index (κ1) is 19.5. The van der Waals surface area contributed by atoms with Gasteiger partial charge in [-0.1, -0.05) is 42.5 Å². The van der Waals surface area contributed by atoms with Crippen molar-refractivity contribution in [3.05, 3.63) is 95.3 Å². The zero-order valence-electron chi connectivity index (χ0n) is 15.4. The van der Waals surface area contributed by atoms with Crippen LogP contribution < -0.4 is 4.74 Å². The summed E-state index contributed by atoms with van der Waals surface area (Å²) < 4.78 is 30.1. The molecule has 1 aromatic heterocycles. The molecule has 0 N–H and O–H groups in total. The highest BCUT2D eigenvalue weighted by atomic mass is 19.3. The minimum absolute atomic E-state index is 0.0975. The number of ether oxygens (including phenoxy) is 1. The van der Waals surface area contributed by atoms with Crippen LogP contribution in [0.25, 0.3) is 0 Å². The summed E-state index contributed by atoms with van der Waals surface area (Å²) in [7, 11) is 0. The van der Waals surface area contributed by atoms with E-state index in [9.17, 15) is 13.6 Å². The van der Waals surface area contributed by atoms with Crippen LogP contribution in [-0.4, -0.2) is 22.4 Å². The average Bonchev–Trinajstić information content (AvgIpc) is 2.69. The van der Waals surface area contributed by atoms with Crippen LogP contribution in [0, 0.1) is 6.92 Å². The smallest absolute Gasteiger partial charge is 0.387 e. The molecule has 28 heavy (non-hydrogen) atoms. The third-order valence-corrected chi connectivity index (χ3v) is 4.34. The van der Waals surface area contributed by atoms with Crippen LogP contribution in [0.3, 0.4) is 0 Å². The molecular weight excluding hydrogens is 362 g/mol. The second kappa shape index (κ2) is 9.08. The largest absolute Gasteiger partial charge is 0.434 e. The maximum absolute atomic E-state index is 13.2. The van der Waals surface area contributed by atoms with Crippen LogP contribution >= 0.6 is 0 Å². The average molecular weight is 382 g/mol. The molecule has 0 aliphatic heterocycles. The van der Waals surface area contributed by atoms with Gasteiger partial charge in [-0.25, -0.2) is 0 Å². The van der Waals surface area contributed by atoms with Crippen LogP contribution in [0.15, 0.2) is 73.1 Å². The van der Waals surface area contributed by atoms with Gasteiger partial charge in [-0.2, -0.15) is 8.78 Å². The molecule has 0 saturated heterocycles. The van der Waals surface area contributed by atoms with Crippen molar-refractivity contribution in [3.8, 4) is 5.75 Å². The number of rotatable bonds is 7. The summed E-state index contributed by atoms with van der Waals surface area (Å²) in [5.74, 6) is -0.521. The molecule has 0 spiro atoms. The van der Waals surface area contributed by atoms with Gasteiger partial charge in [0.1, 0.15) is 5.75 Å². The highest BCUT2D eigenvalue weighted by Gasteiger charge is 2.22. The summed E-state index contributed by atoms with van der Waals surface area (Å²) in [6, 6.07) is 17.5. The predicted octanol–water partition coefficient (Wildman–Crippen LogP) is 4.83. The van der Waals surface area contributed by atoms with Gasteiger partial charge in [0.15, 0.2) is 0 Å². The number of hydrogen-bond acceptors (Lipinski definition) is 3. The fourth-order valence-corrected chi connectivity index (χ4v) is 2.92. The Balaban J connectivity index is 1.94. The first-order chi connectivity index (χ1) is 13.5. The number of pyridine rings is 1. The maximum atomic E-state index is 13.2. The second-order valence-electron chi connectivity index (χ2n) is 6.32. The van der Waals surface area contributed by atoms with Crippen molar-refractivity contribution in [1.29, 1.82) is 0 Å². The molecule has 0 aliphatic rings. The fraction of sp³-hybridized carbons (Fsp3) is 0.182. The summed E-state index contributed by atoms with van der Waals surface area (Å²) in [5, 5.41) is 0. The number of benzene rings is 2. The Labute approximate surface area is 162 Å². The normalized spacial score (nSPS) is 10.7. The van der Waals surface area contributed by atoms with E-state index in [2.05, 4.69) is 9.72 Å². The van der Waals surface area contributed by atoms with Gasteiger partial charge in [-0.05, 0) is 41.8 Å². The maximum Gasteiger partial charge on any atom is 0.387 e. The van der Waals surface area contributed by atoms with Crippen molar-refractivity contribution in [2.24, 2.45) is 0 Å². The molecule has 0 saturated carbocycles. The summed E-state index contributed by atoms with van der Waals surface area (Å²) in [6.45, 7) is -0.402. The Hall–Kier alpha value is -3.28. The van der Waals surface area contributed by atoms with Crippen molar-refractivity contribution >= 4 is 5.91 Å². The van der Waals surface area contributed by atoms with Crippen molar-refractivity contribution in [3.63, 3.8) is 0 Å². The highest BCUT2D eigenvalue weighted by Crippen LogP contribution is 2.24. The predicted molar refractivity (Wildman–Crippen MR) is 102 cm³/mol. The number of aryl methyl sites for hydroxylation is 1. The molecule has 0 radical (unpaired) electrons. The number of para-hydroxylation sites is 1. The van der Waals surface area contributed by atoms with Crippen LogP contribution in [0.4, 0.5) is 8.78 Å². The molecule has 1 heterocycles. The van der Waals surface area contributed by atoms with E-state index in [0.29, 0.717) is 13.1 Å². The molecule has 144 valence electrons. The SMILES string of the molecule is Cc1ccccc1CN(Cc1cccnc1)C(=O)c1ccccc1OC(F)F. The van der Waals surface area contributed by atoms with E-state index < -0.39 is 6.61 Å². The Morgan fingerprint density at radius 3 is 2.50 bits per heavy atom. The molecule has 0 atom stereocenters. The molecule has 1 amide bonds. The van der Waals surface area contributed by atoms with Gasteiger partial charge in [0.05, 0.1) is 5.56 Å². The van der Waals surface area contributed by atoms with Crippen molar-refractivity contribution in [2.75, 3.05) is 0 Å². The van der Waals surface area contributed by atoms with E-state index in [-0.39, 0.29) is 17.2 Å². The number of aromatic nitrogens is 1. The number of halogens is 2.